The Labute approximate surface area is 223 Å². The molecule has 0 saturated heterocycles. The Morgan fingerprint density at radius 3 is 2.58 bits per heavy atom. The van der Waals surface area contributed by atoms with Gasteiger partial charge in [0, 0.05) is 46.8 Å². The van der Waals surface area contributed by atoms with Crippen molar-refractivity contribution in [3.05, 3.63) is 94.8 Å². The van der Waals surface area contributed by atoms with Gasteiger partial charge in [0.25, 0.3) is 11.8 Å². The van der Waals surface area contributed by atoms with Crippen LogP contribution in [0.1, 0.15) is 34.0 Å². The van der Waals surface area contributed by atoms with Crippen LogP contribution < -0.4 is 16.0 Å². The molecule has 0 bridgehead atoms. The second-order valence-electron chi connectivity index (χ2n) is 8.59. The van der Waals surface area contributed by atoms with Crippen molar-refractivity contribution in [3.63, 3.8) is 0 Å². The lowest BCUT2D eigenvalue weighted by atomic mass is 10.0. The number of pyridine rings is 1. The second kappa shape index (κ2) is 11.1. The normalized spacial score (nSPS) is 12.8. The molecule has 0 fully saturated rings. The lowest BCUT2D eigenvalue weighted by molar-refractivity contribution is -0.113. The number of nitrogens with zero attached hydrogens (tertiary/aromatic N) is 5. The highest BCUT2D eigenvalue weighted by Gasteiger charge is 2.18. The average molecular weight is 525 g/mol. The van der Waals surface area contributed by atoms with Gasteiger partial charge in [-0.1, -0.05) is 12.1 Å². The zero-order valence-corrected chi connectivity index (χ0v) is 21.5. The van der Waals surface area contributed by atoms with Crippen LogP contribution in [0.5, 0.6) is 0 Å². The van der Waals surface area contributed by atoms with Gasteiger partial charge >= 0.3 is 0 Å². The molecule has 5 rings (SSSR count). The van der Waals surface area contributed by atoms with E-state index >= 15 is 0 Å². The Hall–Kier alpha value is -4.77. The van der Waals surface area contributed by atoms with E-state index in [1.165, 1.54) is 11.5 Å². The van der Waals surface area contributed by atoms with Crippen molar-refractivity contribution in [1.29, 1.82) is 0 Å². The summed E-state index contributed by atoms with van der Waals surface area (Å²) in [6.45, 7) is 3.76. The molecule has 0 spiro atoms. The van der Waals surface area contributed by atoms with E-state index in [1.807, 2.05) is 43.3 Å². The number of aromatic nitrogens is 5. The van der Waals surface area contributed by atoms with E-state index in [2.05, 4.69) is 40.3 Å². The molecule has 1 aliphatic rings. The Bertz CT molecular complexity index is 1560. The van der Waals surface area contributed by atoms with Crippen LogP contribution in [0, 0.1) is 13.8 Å². The van der Waals surface area contributed by atoms with Gasteiger partial charge in [-0.15, -0.1) is 0 Å². The summed E-state index contributed by atoms with van der Waals surface area (Å²) in [7, 11) is 0. The van der Waals surface area contributed by atoms with Gasteiger partial charge in [-0.25, -0.2) is 15.0 Å². The average Bonchev–Trinajstić information content (AvgIpc) is 3.38. The van der Waals surface area contributed by atoms with Crippen molar-refractivity contribution in [2.24, 2.45) is 0 Å². The second-order valence-corrected chi connectivity index (χ2v) is 9.55. The van der Waals surface area contributed by atoms with Crippen molar-refractivity contribution < 1.29 is 9.59 Å². The number of rotatable bonds is 7. The van der Waals surface area contributed by atoms with E-state index in [0.29, 0.717) is 35.7 Å². The third-order valence-electron chi connectivity index (χ3n) is 5.80. The van der Waals surface area contributed by atoms with Gasteiger partial charge in [-0.3, -0.25) is 14.6 Å². The van der Waals surface area contributed by atoms with Crippen LogP contribution in [-0.4, -0.2) is 36.1 Å². The fourth-order valence-electron chi connectivity index (χ4n) is 3.78. The third-order valence-corrected chi connectivity index (χ3v) is 6.42. The van der Waals surface area contributed by atoms with Crippen LogP contribution in [0.3, 0.4) is 0 Å². The molecule has 3 N–H and O–H groups in total. The molecule has 11 heteroatoms. The first-order chi connectivity index (χ1) is 18.4. The minimum Gasteiger partial charge on any atom is -0.324 e. The van der Waals surface area contributed by atoms with Crippen molar-refractivity contribution in [1.82, 2.24) is 29.6 Å². The molecule has 38 heavy (non-hydrogen) atoms. The molecule has 0 unspecified atom stereocenters. The largest absolute Gasteiger partial charge is 0.324 e. The van der Waals surface area contributed by atoms with Gasteiger partial charge in [0.2, 0.25) is 11.8 Å². The van der Waals surface area contributed by atoms with Crippen LogP contribution >= 0.6 is 11.5 Å². The number of carbonyl (C=O) groups excluding carboxylic acids is 2. The molecule has 3 aromatic heterocycles. The molecule has 0 radical (unpaired) electrons. The van der Waals surface area contributed by atoms with E-state index < -0.39 is 0 Å². The molecule has 2 amide bonds. The van der Waals surface area contributed by atoms with E-state index in [9.17, 15) is 9.59 Å². The lowest BCUT2D eigenvalue weighted by Gasteiger charge is -2.16. The number of benzene rings is 1. The Morgan fingerprint density at radius 1 is 0.947 bits per heavy atom. The summed E-state index contributed by atoms with van der Waals surface area (Å²) in [6, 6.07) is 11.2. The Balaban J connectivity index is 1.24. The van der Waals surface area contributed by atoms with Crippen molar-refractivity contribution in [2.75, 3.05) is 10.6 Å². The summed E-state index contributed by atoms with van der Waals surface area (Å²) in [5, 5.41) is 9.74. The topological polar surface area (TPSA) is 135 Å². The minimum atomic E-state index is -0.350. The van der Waals surface area contributed by atoms with E-state index in [0.717, 1.165) is 27.5 Å². The number of nitrogens with one attached hydrogen (secondary N) is 3. The first kappa shape index (κ1) is 24.9. The SMILES string of the molecule is Cc1nc(C(=O)NC2=CC=C(C(=O)Nc3ccc(C)c(Nc4nccc(-c5cccnc5)n4)c3)CC2)ns1. The van der Waals surface area contributed by atoms with Gasteiger partial charge in [-0.2, -0.15) is 4.37 Å². The maximum Gasteiger partial charge on any atom is 0.294 e. The summed E-state index contributed by atoms with van der Waals surface area (Å²) in [5.41, 5.74) is 5.37. The molecule has 0 aliphatic heterocycles. The fraction of sp³-hybridized carbons (Fsp3) is 0.148. The monoisotopic (exact) mass is 524 g/mol. The molecular formula is C27H24N8O2S. The van der Waals surface area contributed by atoms with E-state index in [1.54, 1.807) is 37.7 Å². The van der Waals surface area contributed by atoms with E-state index in [-0.39, 0.29) is 17.6 Å². The molecule has 0 atom stereocenters. The Kier molecular flexibility index (Phi) is 7.27. The first-order valence-electron chi connectivity index (χ1n) is 11.9. The van der Waals surface area contributed by atoms with Crippen molar-refractivity contribution in [3.8, 4) is 11.3 Å². The molecule has 0 saturated carbocycles. The van der Waals surface area contributed by atoms with E-state index in [4.69, 9.17) is 0 Å². The van der Waals surface area contributed by atoms with Crippen LogP contribution in [0.15, 0.2) is 78.4 Å². The predicted octanol–water partition coefficient (Wildman–Crippen LogP) is 4.72. The highest BCUT2D eigenvalue weighted by Crippen LogP contribution is 2.25. The molecule has 1 aliphatic carbocycles. The highest BCUT2D eigenvalue weighted by molar-refractivity contribution is 7.05. The molecule has 4 aromatic rings. The third kappa shape index (κ3) is 5.95. The smallest absolute Gasteiger partial charge is 0.294 e. The molecule has 3 heterocycles. The Morgan fingerprint density at radius 2 is 1.84 bits per heavy atom. The maximum atomic E-state index is 12.9. The number of anilines is 3. The van der Waals surface area contributed by atoms with Gasteiger partial charge < -0.3 is 16.0 Å². The molecule has 190 valence electrons. The maximum absolute atomic E-state index is 12.9. The quantitative estimate of drug-likeness (QED) is 0.316. The van der Waals surface area contributed by atoms with Gasteiger partial charge in [0.15, 0.2) is 0 Å². The fourth-order valence-corrected chi connectivity index (χ4v) is 4.25. The van der Waals surface area contributed by atoms with Crippen LogP contribution in [0.2, 0.25) is 0 Å². The first-order valence-corrected chi connectivity index (χ1v) is 12.7. The number of amides is 2. The van der Waals surface area contributed by atoms with Gasteiger partial charge in [-0.05, 0) is 80.2 Å². The van der Waals surface area contributed by atoms with Crippen LogP contribution in [0.25, 0.3) is 11.3 Å². The number of hydrogen-bond donors (Lipinski definition) is 3. The van der Waals surface area contributed by atoms with Crippen molar-refractivity contribution >= 4 is 40.7 Å². The number of carbonyl (C=O) groups is 2. The number of allylic oxidation sites excluding steroid dienone is 3. The summed E-state index contributed by atoms with van der Waals surface area (Å²) >= 11 is 1.18. The summed E-state index contributed by atoms with van der Waals surface area (Å²) in [4.78, 5) is 42.3. The predicted molar refractivity (Wildman–Crippen MR) is 146 cm³/mol. The zero-order valence-electron chi connectivity index (χ0n) is 20.7. The van der Waals surface area contributed by atoms with Crippen molar-refractivity contribution in [2.45, 2.75) is 26.7 Å². The van der Waals surface area contributed by atoms with Crippen LogP contribution in [0.4, 0.5) is 17.3 Å². The molecule has 1 aromatic carbocycles. The minimum absolute atomic E-state index is 0.152. The molecule has 10 nitrogen and oxygen atoms in total. The number of aryl methyl sites for hydroxylation is 2. The van der Waals surface area contributed by atoms with Gasteiger partial charge in [0.1, 0.15) is 5.01 Å². The summed E-state index contributed by atoms with van der Waals surface area (Å²) in [6.07, 6.45) is 9.63. The van der Waals surface area contributed by atoms with Crippen LogP contribution in [-0.2, 0) is 4.79 Å². The summed E-state index contributed by atoms with van der Waals surface area (Å²) in [5.74, 6) is 0.0409. The number of hydrogen-bond acceptors (Lipinski definition) is 9. The molecular weight excluding hydrogens is 500 g/mol. The van der Waals surface area contributed by atoms with Gasteiger partial charge in [0.05, 0.1) is 5.69 Å². The standard InChI is InChI=1S/C27H24N8O2S/c1-16-5-8-21(14-23(16)34-27-29-13-11-22(33-27)19-4-3-12-28-15-19)32-25(36)18-6-9-20(10-7-18)31-26(37)24-30-17(2)38-35-24/h3-6,8-9,11-15H,7,10H2,1-2H3,(H,31,37)(H,32,36)(H,29,33,34). The highest BCUT2D eigenvalue weighted by atomic mass is 32.1. The zero-order chi connectivity index (χ0) is 26.5. The summed E-state index contributed by atoms with van der Waals surface area (Å²) < 4.78 is 4.03. The lowest BCUT2D eigenvalue weighted by Crippen LogP contribution is -2.25.